The molecule has 2 rings (SSSR count). The van der Waals surface area contributed by atoms with Crippen LogP contribution in [0.4, 0.5) is 4.79 Å². The lowest BCUT2D eigenvalue weighted by Gasteiger charge is -2.28. The quantitative estimate of drug-likeness (QED) is 0.744. The second-order valence-corrected chi connectivity index (χ2v) is 5.70. The van der Waals surface area contributed by atoms with Gasteiger partial charge in [-0.15, -0.1) is 0 Å². The van der Waals surface area contributed by atoms with Gasteiger partial charge in [-0.3, -0.25) is 0 Å². The number of rotatable bonds is 2. The van der Waals surface area contributed by atoms with Gasteiger partial charge in [-0.25, -0.2) is 4.79 Å². The summed E-state index contributed by atoms with van der Waals surface area (Å²) in [5, 5.41) is 6.27. The molecule has 2 aliphatic carbocycles. The third kappa shape index (κ3) is 3.13. The number of hydrogen-bond donors (Lipinski definition) is 2. The molecule has 0 unspecified atom stereocenters. The lowest BCUT2D eigenvalue weighted by molar-refractivity contribution is 0.220. The van der Waals surface area contributed by atoms with Gasteiger partial charge in [0.2, 0.25) is 0 Å². The van der Waals surface area contributed by atoms with E-state index >= 15 is 0 Å². The minimum absolute atomic E-state index is 0.0521. The Morgan fingerprint density at radius 3 is 2.31 bits per heavy atom. The van der Waals surface area contributed by atoms with Gasteiger partial charge in [-0.1, -0.05) is 32.1 Å². The topological polar surface area (TPSA) is 41.1 Å². The number of urea groups is 1. The van der Waals surface area contributed by atoms with E-state index in [0.29, 0.717) is 6.04 Å². The van der Waals surface area contributed by atoms with E-state index in [2.05, 4.69) is 17.6 Å². The summed E-state index contributed by atoms with van der Waals surface area (Å²) < 4.78 is 0. The number of carbonyl (C=O) groups excluding carboxylic acids is 1. The largest absolute Gasteiger partial charge is 0.335 e. The fourth-order valence-corrected chi connectivity index (χ4v) is 3.02. The van der Waals surface area contributed by atoms with E-state index in [4.69, 9.17) is 0 Å². The standard InChI is InChI=1S/C13H24N2O/c1-13(9-5-6-10-13)15-12(16)14-11-7-3-2-4-8-11/h11H,2-10H2,1H3,(H2,14,15,16). The summed E-state index contributed by atoms with van der Waals surface area (Å²) >= 11 is 0. The van der Waals surface area contributed by atoms with Crippen molar-refractivity contribution in [2.24, 2.45) is 0 Å². The Morgan fingerprint density at radius 1 is 1.06 bits per heavy atom. The smallest absolute Gasteiger partial charge is 0.315 e. The monoisotopic (exact) mass is 224 g/mol. The van der Waals surface area contributed by atoms with Crippen LogP contribution in [-0.2, 0) is 0 Å². The molecule has 0 heterocycles. The zero-order valence-corrected chi connectivity index (χ0v) is 10.3. The summed E-state index contributed by atoms with van der Waals surface area (Å²) in [5.74, 6) is 0. The first kappa shape index (κ1) is 11.7. The van der Waals surface area contributed by atoms with Crippen LogP contribution in [0.25, 0.3) is 0 Å². The Morgan fingerprint density at radius 2 is 1.69 bits per heavy atom. The number of carbonyl (C=O) groups is 1. The lowest BCUT2D eigenvalue weighted by atomic mass is 9.95. The summed E-state index contributed by atoms with van der Waals surface area (Å²) in [6, 6.07) is 0.468. The first-order valence-electron chi connectivity index (χ1n) is 6.77. The average molecular weight is 224 g/mol. The summed E-state index contributed by atoms with van der Waals surface area (Å²) in [6.07, 6.45) is 10.9. The van der Waals surface area contributed by atoms with Crippen LogP contribution in [0.5, 0.6) is 0 Å². The fraction of sp³-hybridized carbons (Fsp3) is 0.923. The van der Waals surface area contributed by atoms with Gasteiger partial charge in [0.1, 0.15) is 0 Å². The second kappa shape index (κ2) is 5.07. The third-order valence-corrected chi connectivity index (χ3v) is 4.06. The maximum absolute atomic E-state index is 11.9. The predicted octanol–water partition coefficient (Wildman–Crippen LogP) is 2.95. The van der Waals surface area contributed by atoms with Crippen LogP contribution < -0.4 is 10.6 Å². The van der Waals surface area contributed by atoms with Crippen LogP contribution in [0.15, 0.2) is 0 Å². The molecule has 0 atom stereocenters. The molecular weight excluding hydrogens is 200 g/mol. The van der Waals surface area contributed by atoms with Crippen LogP contribution in [0.1, 0.15) is 64.7 Å². The number of nitrogens with one attached hydrogen (secondary N) is 2. The molecule has 0 aromatic rings. The van der Waals surface area contributed by atoms with Crippen molar-refractivity contribution in [2.75, 3.05) is 0 Å². The molecule has 2 amide bonds. The second-order valence-electron chi connectivity index (χ2n) is 5.70. The highest BCUT2D eigenvalue weighted by atomic mass is 16.2. The first-order chi connectivity index (χ1) is 7.68. The van der Waals surface area contributed by atoms with Crippen molar-refractivity contribution in [1.29, 1.82) is 0 Å². The molecule has 0 radical (unpaired) electrons. The van der Waals surface area contributed by atoms with Gasteiger partial charge in [0.05, 0.1) is 0 Å². The molecule has 0 aromatic carbocycles. The Kier molecular flexibility index (Phi) is 3.72. The van der Waals surface area contributed by atoms with Gasteiger partial charge in [0, 0.05) is 11.6 Å². The molecule has 0 bridgehead atoms. The predicted molar refractivity (Wildman–Crippen MR) is 65.4 cm³/mol. The van der Waals surface area contributed by atoms with Crippen molar-refractivity contribution in [3.63, 3.8) is 0 Å². The molecule has 2 N–H and O–H groups in total. The Bertz CT molecular complexity index is 240. The van der Waals surface area contributed by atoms with Gasteiger partial charge in [-0.05, 0) is 32.6 Å². The van der Waals surface area contributed by atoms with Crippen molar-refractivity contribution in [3.8, 4) is 0 Å². The third-order valence-electron chi connectivity index (χ3n) is 4.06. The summed E-state index contributed by atoms with van der Waals surface area (Å²) in [7, 11) is 0. The summed E-state index contributed by atoms with van der Waals surface area (Å²) in [6.45, 7) is 2.17. The van der Waals surface area contributed by atoms with Gasteiger partial charge < -0.3 is 10.6 Å². The summed E-state index contributed by atoms with van der Waals surface area (Å²) in [5.41, 5.74) is 0.0543. The fourth-order valence-electron chi connectivity index (χ4n) is 3.02. The zero-order chi connectivity index (χ0) is 11.4. The molecule has 0 spiro atoms. The van der Waals surface area contributed by atoms with E-state index in [1.165, 1.54) is 32.1 Å². The Hall–Kier alpha value is -0.730. The van der Waals surface area contributed by atoms with Gasteiger partial charge in [0.15, 0.2) is 0 Å². The van der Waals surface area contributed by atoms with Crippen molar-refractivity contribution in [2.45, 2.75) is 76.3 Å². The van der Waals surface area contributed by atoms with Crippen molar-refractivity contribution >= 4 is 6.03 Å². The van der Waals surface area contributed by atoms with Crippen LogP contribution >= 0.6 is 0 Å². The van der Waals surface area contributed by atoms with E-state index in [1.54, 1.807) is 0 Å². The molecule has 0 aromatic heterocycles. The van der Waals surface area contributed by atoms with Crippen LogP contribution in [-0.4, -0.2) is 17.6 Å². The molecule has 2 aliphatic rings. The van der Waals surface area contributed by atoms with E-state index in [9.17, 15) is 4.79 Å². The highest BCUT2D eigenvalue weighted by molar-refractivity contribution is 5.75. The van der Waals surface area contributed by atoms with Crippen LogP contribution in [0, 0.1) is 0 Å². The molecule has 2 fully saturated rings. The first-order valence-corrected chi connectivity index (χ1v) is 6.77. The Balaban J connectivity index is 1.74. The molecule has 3 nitrogen and oxygen atoms in total. The van der Waals surface area contributed by atoms with E-state index in [-0.39, 0.29) is 11.6 Å². The van der Waals surface area contributed by atoms with Gasteiger partial charge in [0.25, 0.3) is 0 Å². The van der Waals surface area contributed by atoms with Crippen LogP contribution in [0.3, 0.4) is 0 Å². The van der Waals surface area contributed by atoms with Crippen LogP contribution in [0.2, 0.25) is 0 Å². The highest BCUT2D eigenvalue weighted by Crippen LogP contribution is 2.28. The van der Waals surface area contributed by atoms with Crippen molar-refractivity contribution in [1.82, 2.24) is 10.6 Å². The highest BCUT2D eigenvalue weighted by Gasteiger charge is 2.30. The SMILES string of the molecule is CC1(NC(=O)NC2CCCCC2)CCCC1. The van der Waals surface area contributed by atoms with E-state index in [1.807, 2.05) is 0 Å². The molecule has 3 heteroatoms. The van der Waals surface area contributed by atoms with Crippen molar-refractivity contribution < 1.29 is 4.79 Å². The molecule has 92 valence electrons. The number of amides is 2. The van der Waals surface area contributed by atoms with E-state index in [0.717, 1.165) is 25.7 Å². The maximum atomic E-state index is 11.9. The molecule has 2 saturated carbocycles. The molecular formula is C13H24N2O. The van der Waals surface area contributed by atoms with Gasteiger partial charge in [-0.2, -0.15) is 0 Å². The lowest BCUT2D eigenvalue weighted by Crippen LogP contribution is -2.51. The van der Waals surface area contributed by atoms with Crippen molar-refractivity contribution in [3.05, 3.63) is 0 Å². The molecule has 16 heavy (non-hydrogen) atoms. The molecule has 0 saturated heterocycles. The average Bonchev–Trinajstić information content (AvgIpc) is 2.66. The minimum atomic E-state index is 0.0521. The normalized spacial score (nSPS) is 25.3. The van der Waals surface area contributed by atoms with E-state index < -0.39 is 0 Å². The summed E-state index contributed by atoms with van der Waals surface area (Å²) in [4.78, 5) is 11.9. The number of hydrogen-bond acceptors (Lipinski definition) is 1. The zero-order valence-electron chi connectivity index (χ0n) is 10.3. The Labute approximate surface area is 98.4 Å². The minimum Gasteiger partial charge on any atom is -0.335 e. The van der Waals surface area contributed by atoms with Gasteiger partial charge >= 0.3 is 6.03 Å². The molecule has 0 aliphatic heterocycles. The maximum Gasteiger partial charge on any atom is 0.315 e.